The molecule has 22 heavy (non-hydrogen) atoms. The highest BCUT2D eigenvalue weighted by atomic mass is 16.2. The van der Waals surface area contributed by atoms with Gasteiger partial charge in [0.2, 0.25) is 11.8 Å². The number of hydrogen-bond donors (Lipinski definition) is 1. The van der Waals surface area contributed by atoms with Gasteiger partial charge in [0.15, 0.2) is 0 Å². The van der Waals surface area contributed by atoms with Crippen molar-refractivity contribution in [3.63, 3.8) is 0 Å². The quantitative estimate of drug-likeness (QED) is 0.906. The Morgan fingerprint density at radius 2 is 2.23 bits per heavy atom. The minimum Gasteiger partial charge on any atom is -0.347 e. The maximum Gasteiger partial charge on any atom is 0.242 e. The van der Waals surface area contributed by atoms with E-state index in [2.05, 4.69) is 30.2 Å². The van der Waals surface area contributed by atoms with Crippen LogP contribution >= 0.6 is 0 Å². The molecule has 2 rings (SSSR count). The second-order valence-electron chi connectivity index (χ2n) is 6.31. The summed E-state index contributed by atoms with van der Waals surface area (Å²) in [5.41, 5.74) is 2.26. The van der Waals surface area contributed by atoms with Crippen molar-refractivity contribution >= 4 is 11.8 Å². The number of fused-ring (bicyclic) bond motifs is 1. The van der Waals surface area contributed by atoms with E-state index in [1.807, 2.05) is 11.0 Å². The summed E-state index contributed by atoms with van der Waals surface area (Å²) in [4.78, 5) is 30.1. The molecular weight excluding hydrogens is 278 g/mol. The molecule has 2 amide bonds. The van der Waals surface area contributed by atoms with Gasteiger partial charge in [0.25, 0.3) is 0 Å². The molecular formula is C17H25N3O2. The van der Waals surface area contributed by atoms with E-state index in [9.17, 15) is 9.59 Å². The Kier molecular flexibility index (Phi) is 5.52. The molecule has 0 spiro atoms. The van der Waals surface area contributed by atoms with Gasteiger partial charge in [0.05, 0.1) is 18.3 Å². The van der Waals surface area contributed by atoms with E-state index in [4.69, 9.17) is 0 Å². The first kappa shape index (κ1) is 16.5. The molecule has 1 aliphatic rings. The Morgan fingerprint density at radius 1 is 1.45 bits per heavy atom. The molecule has 1 aromatic rings. The topological polar surface area (TPSA) is 62.3 Å². The molecule has 5 nitrogen and oxygen atoms in total. The molecule has 0 radical (unpaired) electrons. The lowest BCUT2D eigenvalue weighted by Crippen LogP contribution is -2.44. The van der Waals surface area contributed by atoms with Crippen LogP contribution in [0.4, 0.5) is 0 Å². The predicted molar refractivity (Wildman–Crippen MR) is 85.2 cm³/mol. The minimum absolute atomic E-state index is 0.0219. The Labute approximate surface area is 132 Å². The number of rotatable bonds is 5. The zero-order valence-electron chi connectivity index (χ0n) is 13.6. The molecule has 0 saturated carbocycles. The van der Waals surface area contributed by atoms with Crippen molar-refractivity contribution in [2.45, 2.75) is 46.1 Å². The van der Waals surface area contributed by atoms with Crippen LogP contribution in [-0.4, -0.2) is 34.8 Å². The lowest BCUT2D eigenvalue weighted by molar-refractivity contribution is -0.135. The van der Waals surface area contributed by atoms with Crippen LogP contribution in [-0.2, 0) is 16.0 Å². The van der Waals surface area contributed by atoms with Crippen LogP contribution in [0.25, 0.3) is 0 Å². The van der Waals surface area contributed by atoms with Crippen LogP contribution in [0.3, 0.4) is 0 Å². The van der Waals surface area contributed by atoms with Crippen LogP contribution in [0.15, 0.2) is 18.3 Å². The van der Waals surface area contributed by atoms with Gasteiger partial charge in [0.1, 0.15) is 0 Å². The number of pyridine rings is 1. The van der Waals surface area contributed by atoms with Gasteiger partial charge in [-0.1, -0.05) is 19.9 Å². The summed E-state index contributed by atoms with van der Waals surface area (Å²) in [6, 6.07) is 4.07. The molecule has 1 N–H and O–H groups in total. The summed E-state index contributed by atoms with van der Waals surface area (Å²) in [6.45, 7) is 6.36. The van der Waals surface area contributed by atoms with Crippen LogP contribution in [0.2, 0.25) is 0 Å². The van der Waals surface area contributed by atoms with E-state index < -0.39 is 0 Å². The van der Waals surface area contributed by atoms with Crippen molar-refractivity contribution in [3.8, 4) is 0 Å². The average molecular weight is 303 g/mol. The van der Waals surface area contributed by atoms with Crippen molar-refractivity contribution in [3.05, 3.63) is 29.6 Å². The van der Waals surface area contributed by atoms with Gasteiger partial charge in [-0.15, -0.1) is 0 Å². The van der Waals surface area contributed by atoms with Gasteiger partial charge < -0.3 is 10.2 Å². The van der Waals surface area contributed by atoms with Crippen molar-refractivity contribution in [1.29, 1.82) is 0 Å². The number of carbonyl (C=O) groups excluding carboxylic acids is 2. The first-order valence-corrected chi connectivity index (χ1v) is 7.96. The summed E-state index contributed by atoms with van der Waals surface area (Å²) in [5.74, 6) is 0.155. The molecule has 0 saturated heterocycles. The third-order valence-electron chi connectivity index (χ3n) is 3.91. The first-order valence-electron chi connectivity index (χ1n) is 7.96. The molecule has 0 fully saturated rings. The maximum absolute atomic E-state index is 12.6. The number of aryl methyl sites for hydroxylation is 1. The van der Waals surface area contributed by atoms with E-state index in [-0.39, 0.29) is 24.4 Å². The zero-order chi connectivity index (χ0) is 16.1. The number of amides is 2. The fourth-order valence-corrected chi connectivity index (χ4v) is 2.99. The highest BCUT2D eigenvalue weighted by molar-refractivity contribution is 5.84. The summed E-state index contributed by atoms with van der Waals surface area (Å²) in [5, 5.41) is 2.61. The van der Waals surface area contributed by atoms with Gasteiger partial charge in [0, 0.05) is 19.7 Å². The third kappa shape index (κ3) is 4.06. The molecule has 1 heterocycles. The molecule has 1 aromatic heterocycles. The van der Waals surface area contributed by atoms with Crippen molar-refractivity contribution < 1.29 is 9.59 Å². The highest BCUT2D eigenvalue weighted by Gasteiger charge is 2.30. The molecule has 0 unspecified atom stereocenters. The van der Waals surface area contributed by atoms with Gasteiger partial charge in [-0.3, -0.25) is 14.6 Å². The molecule has 0 aliphatic heterocycles. The number of hydrogen-bond acceptors (Lipinski definition) is 3. The van der Waals surface area contributed by atoms with Gasteiger partial charge >= 0.3 is 0 Å². The second kappa shape index (κ2) is 7.38. The normalized spacial score (nSPS) is 17.0. The van der Waals surface area contributed by atoms with E-state index in [1.54, 1.807) is 6.20 Å². The predicted octanol–water partition coefficient (Wildman–Crippen LogP) is 2.08. The Morgan fingerprint density at radius 3 is 2.91 bits per heavy atom. The summed E-state index contributed by atoms with van der Waals surface area (Å²) < 4.78 is 0. The van der Waals surface area contributed by atoms with Gasteiger partial charge in [-0.05, 0) is 36.8 Å². The number of carbonyl (C=O) groups is 2. The van der Waals surface area contributed by atoms with Crippen molar-refractivity contribution in [2.24, 2.45) is 5.92 Å². The number of nitrogens with zero attached hydrogens (tertiary/aromatic N) is 2. The largest absolute Gasteiger partial charge is 0.347 e. The molecule has 1 aliphatic carbocycles. The minimum atomic E-state index is -0.181. The van der Waals surface area contributed by atoms with E-state index in [0.29, 0.717) is 12.5 Å². The molecule has 120 valence electrons. The standard InChI is InChI=1S/C17H25N3O2/c1-12(2)11-20(16(22)10-19-13(3)21)15-8-4-6-14-7-5-9-18-17(14)15/h5,7,9,12,15H,4,6,8,10-11H2,1-3H3,(H,19,21)/t15-/m0/s1. The van der Waals surface area contributed by atoms with Crippen molar-refractivity contribution in [1.82, 2.24) is 15.2 Å². The fourth-order valence-electron chi connectivity index (χ4n) is 2.99. The van der Waals surface area contributed by atoms with Crippen LogP contribution in [0.1, 0.15) is 50.9 Å². The van der Waals surface area contributed by atoms with Gasteiger partial charge in [-0.2, -0.15) is 0 Å². The van der Waals surface area contributed by atoms with Crippen LogP contribution in [0.5, 0.6) is 0 Å². The first-order chi connectivity index (χ1) is 10.5. The SMILES string of the molecule is CC(=O)NCC(=O)N(CC(C)C)[C@H]1CCCc2cccnc21. The van der Waals surface area contributed by atoms with E-state index >= 15 is 0 Å². The lowest BCUT2D eigenvalue weighted by atomic mass is 9.90. The summed E-state index contributed by atoms with van der Waals surface area (Å²) >= 11 is 0. The zero-order valence-corrected chi connectivity index (χ0v) is 13.6. The Bertz CT molecular complexity index is 542. The molecule has 0 bridgehead atoms. The lowest BCUT2D eigenvalue weighted by Gasteiger charge is -2.36. The Balaban J connectivity index is 2.22. The smallest absolute Gasteiger partial charge is 0.242 e. The summed E-state index contributed by atoms with van der Waals surface area (Å²) in [6.07, 6.45) is 4.81. The van der Waals surface area contributed by atoms with E-state index in [1.165, 1.54) is 12.5 Å². The summed E-state index contributed by atoms with van der Waals surface area (Å²) in [7, 11) is 0. The number of aromatic nitrogens is 1. The van der Waals surface area contributed by atoms with Crippen LogP contribution < -0.4 is 5.32 Å². The molecule has 5 heteroatoms. The van der Waals surface area contributed by atoms with Crippen LogP contribution in [0, 0.1) is 5.92 Å². The molecule has 0 aromatic carbocycles. The van der Waals surface area contributed by atoms with Crippen molar-refractivity contribution in [2.75, 3.05) is 13.1 Å². The second-order valence-corrected chi connectivity index (χ2v) is 6.31. The van der Waals surface area contributed by atoms with E-state index in [0.717, 1.165) is 25.0 Å². The third-order valence-corrected chi connectivity index (χ3v) is 3.91. The molecule has 1 atom stereocenters. The van der Waals surface area contributed by atoms with Gasteiger partial charge in [-0.25, -0.2) is 0 Å². The average Bonchev–Trinajstić information content (AvgIpc) is 2.49. The number of nitrogens with one attached hydrogen (secondary N) is 1. The Hall–Kier alpha value is -1.91. The monoisotopic (exact) mass is 303 g/mol. The fraction of sp³-hybridized carbons (Fsp3) is 0.588. The maximum atomic E-state index is 12.6. The highest BCUT2D eigenvalue weighted by Crippen LogP contribution is 2.33.